The van der Waals surface area contributed by atoms with Crippen LogP contribution in [0.4, 0.5) is 23.2 Å². The first kappa shape index (κ1) is 27.0. The van der Waals surface area contributed by atoms with Crippen molar-refractivity contribution in [3.05, 3.63) is 64.7 Å². The molecule has 12 heteroatoms. The molecule has 0 saturated heterocycles. The standard InChI is InChI=1S/C27H24ClF4N3O4/c1-2-38-24(36)19-10-16(11-21(28)23(19)15-13-33-35(14-15)17-4-3-5-17)34-25(37)26(8-9-26)20-7-6-18(12-22(20)29)39-27(30,31)32/h6-7,10-14,17H,2-5,8-9H2,1H3,(H,34,37). The van der Waals surface area contributed by atoms with Gasteiger partial charge in [-0.1, -0.05) is 17.7 Å². The molecule has 0 spiro atoms. The van der Waals surface area contributed by atoms with Gasteiger partial charge in [0.2, 0.25) is 5.91 Å². The molecule has 5 rings (SSSR count). The Morgan fingerprint density at radius 1 is 1.21 bits per heavy atom. The minimum Gasteiger partial charge on any atom is -0.462 e. The average molecular weight is 566 g/mol. The molecule has 2 aromatic carbocycles. The van der Waals surface area contributed by atoms with Crippen LogP contribution in [0.15, 0.2) is 42.7 Å². The number of carbonyl (C=O) groups excluding carboxylic acids is 2. The second-order valence-corrected chi connectivity index (χ2v) is 10.0. The molecule has 1 N–H and O–H groups in total. The van der Waals surface area contributed by atoms with Crippen molar-refractivity contribution in [2.24, 2.45) is 0 Å². The first-order valence-electron chi connectivity index (χ1n) is 12.4. The van der Waals surface area contributed by atoms with E-state index in [4.69, 9.17) is 16.3 Å². The number of carbonyl (C=O) groups is 2. The topological polar surface area (TPSA) is 82.4 Å². The summed E-state index contributed by atoms with van der Waals surface area (Å²) in [6, 6.07) is 5.89. The molecule has 7 nitrogen and oxygen atoms in total. The molecule has 1 aromatic heterocycles. The molecule has 2 aliphatic carbocycles. The van der Waals surface area contributed by atoms with Crippen LogP contribution < -0.4 is 10.1 Å². The van der Waals surface area contributed by atoms with Gasteiger partial charge in [0.1, 0.15) is 11.6 Å². The summed E-state index contributed by atoms with van der Waals surface area (Å²) in [5.74, 6) is -2.94. The van der Waals surface area contributed by atoms with Crippen LogP contribution in [0.25, 0.3) is 11.1 Å². The number of rotatable bonds is 8. The number of hydrogen-bond acceptors (Lipinski definition) is 5. The Kier molecular flexibility index (Phi) is 7.04. The van der Waals surface area contributed by atoms with Gasteiger partial charge in [-0.25, -0.2) is 9.18 Å². The van der Waals surface area contributed by atoms with Crippen molar-refractivity contribution < 1.29 is 36.6 Å². The van der Waals surface area contributed by atoms with Crippen LogP contribution in [0, 0.1) is 5.82 Å². The maximum atomic E-state index is 14.8. The Morgan fingerprint density at radius 2 is 1.95 bits per heavy atom. The van der Waals surface area contributed by atoms with E-state index >= 15 is 0 Å². The normalized spacial score (nSPS) is 16.4. The highest BCUT2D eigenvalue weighted by Gasteiger charge is 2.53. The average Bonchev–Trinajstić information content (AvgIpc) is 3.49. The predicted molar refractivity (Wildman–Crippen MR) is 134 cm³/mol. The lowest BCUT2D eigenvalue weighted by molar-refractivity contribution is -0.274. The van der Waals surface area contributed by atoms with Crippen LogP contribution in [0.3, 0.4) is 0 Å². The smallest absolute Gasteiger partial charge is 0.462 e. The fourth-order valence-electron chi connectivity index (χ4n) is 4.74. The molecule has 0 atom stereocenters. The molecule has 39 heavy (non-hydrogen) atoms. The van der Waals surface area contributed by atoms with Crippen molar-refractivity contribution >= 4 is 29.2 Å². The maximum Gasteiger partial charge on any atom is 0.573 e. The van der Waals surface area contributed by atoms with E-state index < -0.39 is 35.2 Å². The van der Waals surface area contributed by atoms with Crippen LogP contribution in [0.2, 0.25) is 5.02 Å². The highest BCUT2D eigenvalue weighted by atomic mass is 35.5. The Hall–Kier alpha value is -3.60. The van der Waals surface area contributed by atoms with Crippen molar-refractivity contribution in [3.63, 3.8) is 0 Å². The van der Waals surface area contributed by atoms with E-state index in [1.807, 2.05) is 10.9 Å². The van der Waals surface area contributed by atoms with Crippen molar-refractivity contribution in [1.29, 1.82) is 0 Å². The van der Waals surface area contributed by atoms with Gasteiger partial charge in [0, 0.05) is 34.6 Å². The van der Waals surface area contributed by atoms with Crippen molar-refractivity contribution in [2.75, 3.05) is 11.9 Å². The molecule has 1 heterocycles. The molecule has 0 unspecified atom stereocenters. The van der Waals surface area contributed by atoms with Gasteiger partial charge in [-0.15, -0.1) is 13.2 Å². The number of aromatic nitrogens is 2. The first-order valence-corrected chi connectivity index (χ1v) is 12.8. The van der Waals surface area contributed by atoms with Crippen molar-refractivity contribution in [1.82, 2.24) is 9.78 Å². The third kappa shape index (κ3) is 5.45. The van der Waals surface area contributed by atoms with E-state index in [9.17, 15) is 27.2 Å². The molecule has 0 bridgehead atoms. The second kappa shape index (κ2) is 10.2. The lowest BCUT2D eigenvalue weighted by Gasteiger charge is -2.25. The van der Waals surface area contributed by atoms with Crippen LogP contribution in [0.5, 0.6) is 5.75 Å². The zero-order valence-corrected chi connectivity index (χ0v) is 21.5. The predicted octanol–water partition coefficient (Wildman–Crippen LogP) is 6.81. The number of nitrogens with zero attached hydrogens (tertiary/aromatic N) is 2. The minimum atomic E-state index is -4.97. The van der Waals surface area contributed by atoms with Gasteiger partial charge in [-0.2, -0.15) is 5.10 Å². The largest absolute Gasteiger partial charge is 0.573 e. The summed E-state index contributed by atoms with van der Waals surface area (Å²) in [5.41, 5.74) is 0.0106. The minimum absolute atomic E-state index is 0.0498. The quantitative estimate of drug-likeness (QED) is 0.240. The van der Waals surface area contributed by atoms with Crippen LogP contribution in [-0.4, -0.2) is 34.6 Å². The molecular formula is C27H24ClF4N3O4. The Labute approximate surface area is 226 Å². The molecule has 2 fully saturated rings. The van der Waals surface area contributed by atoms with E-state index in [2.05, 4.69) is 15.2 Å². The zero-order valence-electron chi connectivity index (χ0n) is 20.8. The van der Waals surface area contributed by atoms with Gasteiger partial charge in [-0.05, 0) is 57.2 Å². The van der Waals surface area contributed by atoms with Gasteiger partial charge in [0.15, 0.2) is 0 Å². The highest BCUT2D eigenvalue weighted by Crippen LogP contribution is 2.50. The van der Waals surface area contributed by atoms with Crippen molar-refractivity contribution in [3.8, 4) is 16.9 Å². The van der Waals surface area contributed by atoms with Crippen LogP contribution >= 0.6 is 11.6 Å². The number of esters is 1. The highest BCUT2D eigenvalue weighted by molar-refractivity contribution is 6.34. The van der Waals surface area contributed by atoms with Gasteiger partial charge >= 0.3 is 12.3 Å². The summed E-state index contributed by atoms with van der Waals surface area (Å²) >= 11 is 6.61. The SMILES string of the molecule is CCOC(=O)c1cc(NC(=O)C2(c3ccc(OC(F)(F)F)cc3F)CC2)cc(Cl)c1-c1cnn(C2CCC2)c1. The lowest BCUT2D eigenvalue weighted by atomic mass is 9.93. The summed E-state index contributed by atoms with van der Waals surface area (Å²) in [5, 5.41) is 7.28. The summed E-state index contributed by atoms with van der Waals surface area (Å²) in [6.07, 6.45) is 2.20. The molecule has 0 radical (unpaired) electrons. The van der Waals surface area contributed by atoms with Gasteiger partial charge in [0.05, 0.1) is 34.8 Å². The third-order valence-electron chi connectivity index (χ3n) is 7.06. The van der Waals surface area contributed by atoms with Crippen molar-refractivity contribution in [2.45, 2.75) is 56.8 Å². The maximum absolute atomic E-state index is 14.8. The first-order chi connectivity index (χ1) is 18.5. The Bertz CT molecular complexity index is 1430. The number of nitrogens with one attached hydrogen (secondary N) is 1. The second-order valence-electron chi connectivity index (χ2n) is 9.62. The molecular weight excluding hydrogens is 542 g/mol. The molecule has 2 aliphatic rings. The van der Waals surface area contributed by atoms with Crippen LogP contribution in [-0.2, 0) is 14.9 Å². The fourth-order valence-corrected chi connectivity index (χ4v) is 5.06. The number of amides is 1. The van der Waals surface area contributed by atoms with E-state index in [0.717, 1.165) is 31.4 Å². The number of anilines is 1. The van der Waals surface area contributed by atoms with Gasteiger partial charge in [-0.3, -0.25) is 9.48 Å². The van der Waals surface area contributed by atoms with E-state index in [0.29, 0.717) is 23.2 Å². The molecule has 1 amide bonds. The Morgan fingerprint density at radius 3 is 2.54 bits per heavy atom. The van der Waals surface area contributed by atoms with E-state index in [-0.39, 0.29) is 41.3 Å². The molecule has 0 aliphatic heterocycles. The lowest BCUT2D eigenvalue weighted by Crippen LogP contribution is -2.29. The van der Waals surface area contributed by atoms with Gasteiger partial charge in [0.25, 0.3) is 0 Å². The summed E-state index contributed by atoms with van der Waals surface area (Å²) in [4.78, 5) is 26.2. The van der Waals surface area contributed by atoms with Crippen LogP contribution in [0.1, 0.15) is 61.0 Å². The zero-order chi connectivity index (χ0) is 27.9. The molecule has 3 aromatic rings. The summed E-state index contributed by atoms with van der Waals surface area (Å²) in [6.45, 7) is 1.78. The fraction of sp³-hybridized carbons (Fsp3) is 0.370. The third-order valence-corrected chi connectivity index (χ3v) is 7.35. The molecule has 206 valence electrons. The van der Waals surface area contributed by atoms with Gasteiger partial charge < -0.3 is 14.8 Å². The monoisotopic (exact) mass is 565 g/mol. The summed E-state index contributed by atoms with van der Waals surface area (Å²) < 4.78 is 63.1. The number of hydrogen-bond donors (Lipinski definition) is 1. The van der Waals surface area contributed by atoms with E-state index in [1.54, 1.807) is 13.1 Å². The Balaban J connectivity index is 1.43. The number of alkyl halides is 3. The number of benzene rings is 2. The number of halogens is 5. The number of ether oxygens (including phenoxy) is 2. The van der Waals surface area contributed by atoms with E-state index in [1.165, 1.54) is 12.1 Å². The molecule has 2 saturated carbocycles. The summed E-state index contributed by atoms with van der Waals surface area (Å²) in [7, 11) is 0.